The topological polar surface area (TPSA) is 26.3 Å². The number of rotatable bonds is 4. The van der Waals surface area contributed by atoms with Crippen molar-refractivity contribution in [2.45, 2.75) is 39.2 Å². The fourth-order valence-electron chi connectivity index (χ4n) is 3.34. The van der Waals surface area contributed by atoms with Gasteiger partial charge in [0.05, 0.1) is 0 Å². The molecule has 140 valence electrons. The average Bonchev–Trinajstić information content (AvgIpc) is 2.67. The van der Waals surface area contributed by atoms with Crippen LogP contribution in [0.15, 0.2) is 84.2 Å². The molecule has 0 unspecified atom stereocenters. The van der Waals surface area contributed by atoms with Crippen LogP contribution in [-0.2, 0) is 9.53 Å². The van der Waals surface area contributed by atoms with Gasteiger partial charge in [-0.3, -0.25) is 0 Å². The Hall–Kier alpha value is -2.31. The minimum atomic E-state index is -2.24. The van der Waals surface area contributed by atoms with Gasteiger partial charge in [0.25, 0.3) is 0 Å². The second-order valence-electron chi connectivity index (χ2n) is 7.67. The summed E-state index contributed by atoms with van der Waals surface area (Å²) in [7, 11) is 0. The predicted octanol–water partition coefficient (Wildman–Crippen LogP) is 5.03. The summed E-state index contributed by atoms with van der Waals surface area (Å²) < 4.78 is 5.71. The Morgan fingerprint density at radius 3 is 1.93 bits per heavy atom. The minimum absolute atomic E-state index is 0.261. The van der Waals surface area contributed by atoms with Crippen molar-refractivity contribution in [1.82, 2.24) is 0 Å². The lowest BCUT2D eigenvalue weighted by molar-refractivity contribution is -0.145. The van der Waals surface area contributed by atoms with Crippen LogP contribution in [0.25, 0.3) is 0 Å². The first-order valence-electron chi connectivity index (χ1n) is 9.38. The Morgan fingerprint density at radius 2 is 1.48 bits per heavy atom. The van der Waals surface area contributed by atoms with Crippen LogP contribution < -0.4 is 10.6 Å². The number of benzene rings is 2. The monoisotopic (exact) mass is 378 g/mol. The molecule has 3 rings (SSSR count). The maximum absolute atomic E-state index is 13.0. The molecule has 2 nitrogen and oxygen atoms in total. The van der Waals surface area contributed by atoms with Crippen molar-refractivity contribution in [3.63, 3.8) is 0 Å². The summed E-state index contributed by atoms with van der Waals surface area (Å²) >= 11 is 0. The molecule has 3 heteroatoms. The van der Waals surface area contributed by atoms with Gasteiger partial charge in [0, 0.05) is 5.80 Å². The van der Waals surface area contributed by atoms with Crippen molar-refractivity contribution >= 4 is 29.3 Å². The Bertz CT molecular complexity index is 857. The largest absolute Gasteiger partial charge is 0.457 e. The van der Waals surface area contributed by atoms with Crippen molar-refractivity contribution in [2.24, 2.45) is 0 Å². The number of allylic oxidation sites excluding steroid dienone is 4. The molecular formula is C24H27O2P. The minimum Gasteiger partial charge on any atom is -0.457 e. The third-order valence-corrected chi connectivity index (χ3v) is 8.39. The van der Waals surface area contributed by atoms with Gasteiger partial charge < -0.3 is 4.74 Å². The van der Waals surface area contributed by atoms with E-state index in [0.29, 0.717) is 0 Å². The van der Waals surface area contributed by atoms with Gasteiger partial charge in [-0.1, -0.05) is 78.9 Å². The van der Waals surface area contributed by atoms with E-state index in [-0.39, 0.29) is 5.97 Å². The van der Waals surface area contributed by atoms with Crippen molar-refractivity contribution in [3.8, 4) is 0 Å². The van der Waals surface area contributed by atoms with Crippen LogP contribution in [0.4, 0.5) is 0 Å². The second-order valence-corrected chi connectivity index (χ2v) is 10.9. The molecule has 0 aromatic heterocycles. The van der Waals surface area contributed by atoms with Crippen molar-refractivity contribution in [1.29, 1.82) is 0 Å². The average molecular weight is 378 g/mol. The first kappa shape index (κ1) is 19.5. The van der Waals surface area contributed by atoms with E-state index in [2.05, 4.69) is 42.5 Å². The van der Waals surface area contributed by atoms with Crippen molar-refractivity contribution in [3.05, 3.63) is 84.2 Å². The first-order valence-corrected chi connectivity index (χ1v) is 11.2. The van der Waals surface area contributed by atoms with Crippen LogP contribution in [-0.4, -0.2) is 17.4 Å². The van der Waals surface area contributed by atoms with Crippen molar-refractivity contribution in [2.75, 3.05) is 0 Å². The molecule has 0 atom stereocenters. The number of ether oxygens (including phenoxy) is 1. The molecule has 0 amide bonds. The summed E-state index contributed by atoms with van der Waals surface area (Å²) in [5.41, 5.74) is -0.520. The van der Waals surface area contributed by atoms with Gasteiger partial charge in [0.15, 0.2) is 0 Å². The lowest BCUT2D eigenvalue weighted by Crippen LogP contribution is -2.28. The molecule has 1 aliphatic rings. The summed E-state index contributed by atoms with van der Waals surface area (Å²) in [4.78, 5) is 13.0. The summed E-state index contributed by atoms with van der Waals surface area (Å²) in [6.07, 6.45) is 8.72. The zero-order chi connectivity index (χ0) is 19.3. The Morgan fingerprint density at radius 1 is 0.926 bits per heavy atom. The summed E-state index contributed by atoms with van der Waals surface area (Å²) in [6.45, 7) is 3.48. The third kappa shape index (κ3) is 4.51. The molecule has 0 bridgehead atoms. The highest BCUT2D eigenvalue weighted by atomic mass is 31.2. The highest BCUT2D eigenvalue weighted by Crippen LogP contribution is 2.54. The van der Waals surface area contributed by atoms with E-state index in [4.69, 9.17) is 4.74 Å². The van der Waals surface area contributed by atoms with E-state index < -0.39 is 12.5 Å². The molecule has 2 aromatic carbocycles. The highest BCUT2D eigenvalue weighted by molar-refractivity contribution is 7.92. The summed E-state index contributed by atoms with van der Waals surface area (Å²) in [5.74, 6) is 1.59. The van der Waals surface area contributed by atoms with Gasteiger partial charge in [-0.2, -0.15) is 0 Å². The smallest absolute Gasteiger partial charge is 0.332 e. The lowest BCUT2D eigenvalue weighted by atomic mass is 10.2. The SMILES string of the molecule is CC(C)(C)OC(=O)C=P(C1=CCCC=C1)(c1ccccc1)c1ccccc1. The van der Waals surface area contributed by atoms with E-state index in [1.165, 1.54) is 15.9 Å². The molecule has 0 heterocycles. The standard InChI is InChI=1S/C24H27O2P/c1-24(2,3)26-23(25)19-27(20-13-7-4-8-14-20,21-15-9-5-10-16-21)22-17-11-6-12-18-22/h4-5,7-11,13-19H,6,12H2,1-3H3. The molecule has 27 heavy (non-hydrogen) atoms. The van der Waals surface area contributed by atoms with E-state index in [9.17, 15) is 4.79 Å². The molecule has 0 radical (unpaired) electrons. The Balaban J connectivity index is 2.31. The van der Waals surface area contributed by atoms with Gasteiger partial charge in [-0.15, -0.1) is 0 Å². The maximum atomic E-state index is 13.0. The fourth-order valence-corrected chi connectivity index (χ4v) is 7.10. The quantitative estimate of drug-likeness (QED) is 0.551. The van der Waals surface area contributed by atoms with E-state index in [1.54, 1.807) is 0 Å². The zero-order valence-corrected chi connectivity index (χ0v) is 17.2. The van der Waals surface area contributed by atoms with Gasteiger partial charge in [-0.05, 0) is 56.4 Å². The molecule has 0 aliphatic heterocycles. The number of carbonyl (C=O) groups excluding carboxylic acids is 1. The molecule has 0 N–H and O–H groups in total. The third-order valence-electron chi connectivity index (χ3n) is 4.42. The van der Waals surface area contributed by atoms with Crippen LogP contribution in [0.3, 0.4) is 0 Å². The van der Waals surface area contributed by atoms with Gasteiger partial charge in [-0.25, -0.2) is 4.79 Å². The number of hydrogen-bond acceptors (Lipinski definition) is 2. The second kappa shape index (κ2) is 8.15. The molecule has 2 aromatic rings. The van der Waals surface area contributed by atoms with Gasteiger partial charge in [0.2, 0.25) is 0 Å². The molecule has 0 saturated heterocycles. The van der Waals surface area contributed by atoms with Crippen LogP contribution in [0.2, 0.25) is 0 Å². The van der Waals surface area contributed by atoms with Crippen LogP contribution in [0.5, 0.6) is 0 Å². The first-order chi connectivity index (χ1) is 12.9. The Labute approximate surface area is 162 Å². The number of carbonyl (C=O) groups is 1. The number of esters is 1. The van der Waals surface area contributed by atoms with Gasteiger partial charge in [0.1, 0.15) is 5.60 Å². The van der Waals surface area contributed by atoms with Gasteiger partial charge >= 0.3 is 5.97 Å². The molecular weight excluding hydrogens is 351 g/mol. The maximum Gasteiger partial charge on any atom is 0.332 e. The van der Waals surface area contributed by atoms with Crippen molar-refractivity contribution < 1.29 is 9.53 Å². The molecule has 1 aliphatic carbocycles. The van der Waals surface area contributed by atoms with E-state index >= 15 is 0 Å². The van der Waals surface area contributed by atoms with Crippen LogP contribution >= 0.6 is 6.89 Å². The van der Waals surface area contributed by atoms with E-state index in [0.717, 1.165) is 12.8 Å². The summed E-state index contributed by atoms with van der Waals surface area (Å²) in [5, 5.41) is 3.55. The predicted molar refractivity (Wildman–Crippen MR) is 117 cm³/mol. The summed E-state index contributed by atoms with van der Waals surface area (Å²) in [6, 6.07) is 20.7. The lowest BCUT2D eigenvalue weighted by Gasteiger charge is -2.31. The van der Waals surface area contributed by atoms with Crippen LogP contribution in [0.1, 0.15) is 33.6 Å². The number of hydrogen-bond donors (Lipinski definition) is 0. The van der Waals surface area contributed by atoms with E-state index in [1.807, 2.05) is 63.0 Å². The van der Waals surface area contributed by atoms with Crippen LogP contribution in [0, 0.1) is 0 Å². The Kier molecular flexibility index (Phi) is 5.87. The molecule has 0 fully saturated rings. The highest BCUT2D eigenvalue weighted by Gasteiger charge is 2.29. The normalized spacial score (nSPS) is 14.4. The molecule has 0 saturated carbocycles. The zero-order valence-electron chi connectivity index (χ0n) is 16.3. The molecule has 0 spiro atoms. The fraction of sp³-hybridized carbons (Fsp3) is 0.250.